The van der Waals surface area contributed by atoms with Crippen LogP contribution in [0.3, 0.4) is 0 Å². The van der Waals surface area contributed by atoms with Gasteiger partial charge >= 0.3 is 6.09 Å². The standard InChI is InChI=1S/C12H17N3O2/c1-12(2,3)17-11(16)15-7-4-9-10(8-15)14-6-5-13-9/h5-6H,4,7-8H2,1-3H3. The predicted molar refractivity (Wildman–Crippen MR) is 62.4 cm³/mol. The zero-order valence-electron chi connectivity index (χ0n) is 10.4. The molecule has 2 rings (SSSR count). The Balaban J connectivity index is 2.05. The van der Waals surface area contributed by atoms with Crippen LogP contribution in [0.25, 0.3) is 0 Å². The van der Waals surface area contributed by atoms with Crippen molar-refractivity contribution in [3.8, 4) is 0 Å². The second kappa shape index (κ2) is 4.31. The molecule has 0 aromatic carbocycles. The van der Waals surface area contributed by atoms with E-state index in [1.165, 1.54) is 0 Å². The lowest BCUT2D eigenvalue weighted by Crippen LogP contribution is -2.40. The van der Waals surface area contributed by atoms with Crippen molar-refractivity contribution in [2.75, 3.05) is 6.54 Å². The number of fused-ring (bicyclic) bond motifs is 1. The van der Waals surface area contributed by atoms with Gasteiger partial charge in [-0.25, -0.2) is 4.79 Å². The average Bonchev–Trinajstić information content (AvgIpc) is 2.26. The first-order valence-electron chi connectivity index (χ1n) is 5.72. The number of nitrogens with zero attached hydrogens (tertiary/aromatic N) is 3. The van der Waals surface area contributed by atoms with Gasteiger partial charge in [0.1, 0.15) is 5.60 Å². The summed E-state index contributed by atoms with van der Waals surface area (Å²) in [7, 11) is 0. The van der Waals surface area contributed by atoms with Crippen molar-refractivity contribution in [1.82, 2.24) is 14.9 Å². The smallest absolute Gasteiger partial charge is 0.410 e. The van der Waals surface area contributed by atoms with Gasteiger partial charge in [-0.3, -0.25) is 9.97 Å². The number of rotatable bonds is 0. The molecule has 1 aromatic rings. The van der Waals surface area contributed by atoms with Gasteiger partial charge in [-0.1, -0.05) is 0 Å². The quantitative estimate of drug-likeness (QED) is 0.687. The number of ether oxygens (including phenoxy) is 1. The van der Waals surface area contributed by atoms with Gasteiger partial charge < -0.3 is 9.64 Å². The fourth-order valence-corrected chi connectivity index (χ4v) is 1.72. The van der Waals surface area contributed by atoms with Crippen molar-refractivity contribution < 1.29 is 9.53 Å². The molecule has 0 saturated heterocycles. The van der Waals surface area contributed by atoms with Crippen LogP contribution < -0.4 is 0 Å². The van der Waals surface area contributed by atoms with Crippen molar-refractivity contribution in [3.63, 3.8) is 0 Å². The monoisotopic (exact) mass is 235 g/mol. The molecule has 2 heterocycles. The van der Waals surface area contributed by atoms with Crippen LogP contribution in [0.2, 0.25) is 0 Å². The van der Waals surface area contributed by atoms with Gasteiger partial charge in [0.25, 0.3) is 0 Å². The Morgan fingerprint density at radius 2 is 1.94 bits per heavy atom. The molecule has 0 N–H and O–H groups in total. The first-order chi connectivity index (χ1) is 7.96. The molecule has 0 radical (unpaired) electrons. The van der Waals surface area contributed by atoms with Crippen LogP contribution in [0.1, 0.15) is 32.2 Å². The van der Waals surface area contributed by atoms with Gasteiger partial charge in [0.15, 0.2) is 0 Å². The second-order valence-electron chi connectivity index (χ2n) is 5.10. The van der Waals surface area contributed by atoms with Gasteiger partial charge in [-0.2, -0.15) is 0 Å². The van der Waals surface area contributed by atoms with E-state index >= 15 is 0 Å². The molecule has 1 aliphatic rings. The largest absolute Gasteiger partial charge is 0.444 e. The number of hydrogen-bond donors (Lipinski definition) is 0. The number of aromatic nitrogens is 2. The lowest BCUT2D eigenvalue weighted by Gasteiger charge is -2.30. The van der Waals surface area contributed by atoms with Crippen molar-refractivity contribution in [1.29, 1.82) is 0 Å². The number of hydrogen-bond acceptors (Lipinski definition) is 4. The van der Waals surface area contributed by atoms with E-state index in [2.05, 4.69) is 9.97 Å². The second-order valence-corrected chi connectivity index (χ2v) is 5.10. The average molecular weight is 235 g/mol. The Morgan fingerprint density at radius 3 is 2.59 bits per heavy atom. The summed E-state index contributed by atoms with van der Waals surface area (Å²) in [5.41, 5.74) is 1.39. The summed E-state index contributed by atoms with van der Waals surface area (Å²) in [6.07, 6.45) is 3.79. The Bertz CT molecular complexity index is 426. The van der Waals surface area contributed by atoms with Crippen LogP contribution in [-0.2, 0) is 17.7 Å². The van der Waals surface area contributed by atoms with E-state index in [9.17, 15) is 4.79 Å². The molecule has 0 fully saturated rings. The fraction of sp³-hybridized carbons (Fsp3) is 0.583. The highest BCUT2D eigenvalue weighted by molar-refractivity contribution is 5.68. The molecular formula is C12H17N3O2. The van der Waals surface area contributed by atoms with Crippen LogP contribution in [0.5, 0.6) is 0 Å². The van der Waals surface area contributed by atoms with Crippen molar-refractivity contribution in [2.24, 2.45) is 0 Å². The van der Waals surface area contributed by atoms with E-state index in [1.807, 2.05) is 20.8 Å². The van der Waals surface area contributed by atoms with Gasteiger partial charge in [-0.15, -0.1) is 0 Å². The van der Waals surface area contributed by atoms with E-state index in [0.29, 0.717) is 13.1 Å². The lowest BCUT2D eigenvalue weighted by molar-refractivity contribution is 0.0219. The molecule has 0 spiro atoms. The normalized spacial score (nSPS) is 15.4. The molecule has 1 aromatic heterocycles. The molecule has 5 heteroatoms. The highest BCUT2D eigenvalue weighted by Gasteiger charge is 2.26. The summed E-state index contributed by atoms with van der Waals surface area (Å²) in [5.74, 6) is 0. The third-order valence-electron chi connectivity index (χ3n) is 2.47. The van der Waals surface area contributed by atoms with Gasteiger partial charge in [0.05, 0.1) is 17.9 Å². The summed E-state index contributed by atoms with van der Waals surface area (Å²) in [5, 5.41) is 0. The minimum atomic E-state index is -0.459. The van der Waals surface area contributed by atoms with Gasteiger partial charge in [-0.05, 0) is 20.8 Å². The lowest BCUT2D eigenvalue weighted by atomic mass is 10.1. The molecule has 1 amide bonds. The Labute approximate surface area is 101 Å². The van der Waals surface area contributed by atoms with Crippen LogP contribution in [0.4, 0.5) is 4.79 Å². The molecule has 1 aliphatic heterocycles. The molecule has 0 bridgehead atoms. The number of carbonyl (C=O) groups is 1. The van der Waals surface area contributed by atoms with Gasteiger partial charge in [0.2, 0.25) is 0 Å². The third kappa shape index (κ3) is 2.93. The Kier molecular flexibility index (Phi) is 3.00. The molecule has 92 valence electrons. The third-order valence-corrected chi connectivity index (χ3v) is 2.47. The number of carbonyl (C=O) groups excluding carboxylic acids is 1. The predicted octanol–water partition coefficient (Wildman–Crippen LogP) is 1.77. The molecular weight excluding hydrogens is 218 g/mol. The van der Waals surface area contributed by atoms with E-state index in [4.69, 9.17) is 4.74 Å². The van der Waals surface area contributed by atoms with Crippen molar-refractivity contribution in [3.05, 3.63) is 23.8 Å². The molecule has 0 saturated carbocycles. The summed E-state index contributed by atoms with van der Waals surface area (Å²) in [6.45, 7) is 6.71. The molecule has 5 nitrogen and oxygen atoms in total. The SMILES string of the molecule is CC(C)(C)OC(=O)N1CCc2nccnc2C1. The summed E-state index contributed by atoms with van der Waals surface area (Å²) < 4.78 is 5.33. The summed E-state index contributed by atoms with van der Waals surface area (Å²) >= 11 is 0. The maximum Gasteiger partial charge on any atom is 0.410 e. The zero-order valence-corrected chi connectivity index (χ0v) is 10.4. The van der Waals surface area contributed by atoms with E-state index in [1.54, 1.807) is 17.3 Å². The first-order valence-corrected chi connectivity index (χ1v) is 5.72. The van der Waals surface area contributed by atoms with Crippen LogP contribution >= 0.6 is 0 Å². The molecule has 0 unspecified atom stereocenters. The highest BCUT2D eigenvalue weighted by atomic mass is 16.6. The molecule has 0 aliphatic carbocycles. The van der Waals surface area contributed by atoms with E-state index in [-0.39, 0.29) is 6.09 Å². The maximum atomic E-state index is 11.9. The van der Waals surface area contributed by atoms with Crippen LogP contribution in [-0.4, -0.2) is 33.1 Å². The zero-order chi connectivity index (χ0) is 12.5. The van der Waals surface area contributed by atoms with E-state index in [0.717, 1.165) is 17.8 Å². The highest BCUT2D eigenvalue weighted by Crippen LogP contribution is 2.17. The fourth-order valence-electron chi connectivity index (χ4n) is 1.72. The van der Waals surface area contributed by atoms with Crippen LogP contribution in [0.15, 0.2) is 12.4 Å². The molecule has 17 heavy (non-hydrogen) atoms. The minimum absolute atomic E-state index is 0.284. The first kappa shape index (κ1) is 11.8. The minimum Gasteiger partial charge on any atom is -0.444 e. The van der Waals surface area contributed by atoms with E-state index < -0.39 is 5.60 Å². The maximum absolute atomic E-state index is 11.9. The van der Waals surface area contributed by atoms with Crippen molar-refractivity contribution in [2.45, 2.75) is 39.3 Å². The Hall–Kier alpha value is -1.65. The number of amides is 1. The molecule has 0 atom stereocenters. The Morgan fingerprint density at radius 1 is 1.29 bits per heavy atom. The summed E-state index contributed by atoms with van der Waals surface area (Å²) in [4.78, 5) is 22.0. The van der Waals surface area contributed by atoms with Crippen LogP contribution in [0, 0.1) is 0 Å². The van der Waals surface area contributed by atoms with Crippen molar-refractivity contribution >= 4 is 6.09 Å². The summed E-state index contributed by atoms with van der Waals surface area (Å²) in [6, 6.07) is 0. The topological polar surface area (TPSA) is 55.3 Å². The van der Waals surface area contributed by atoms with Gasteiger partial charge in [0, 0.05) is 25.4 Å².